The zero-order valence-corrected chi connectivity index (χ0v) is 11.1. The average Bonchev–Trinajstić information content (AvgIpc) is 2.46. The number of anilines is 1. The molecule has 1 N–H and O–H groups in total. The molecule has 1 aromatic heterocycles. The molecule has 0 radical (unpaired) electrons. The summed E-state index contributed by atoms with van der Waals surface area (Å²) in [5.41, 5.74) is 0. The van der Waals surface area contributed by atoms with E-state index in [0.717, 1.165) is 19.4 Å². The largest absolute Gasteiger partial charge is 0.477 e. The van der Waals surface area contributed by atoms with E-state index in [1.54, 1.807) is 18.1 Å². The topological polar surface area (TPSA) is 54.5 Å². The van der Waals surface area contributed by atoms with Gasteiger partial charge >= 0.3 is 0 Å². The molecule has 2 unspecified atom stereocenters. The van der Waals surface area contributed by atoms with Crippen molar-refractivity contribution in [2.45, 2.75) is 37.8 Å². The molecule has 5 heteroatoms. The van der Waals surface area contributed by atoms with Gasteiger partial charge in [-0.2, -0.15) is 0 Å². The van der Waals surface area contributed by atoms with E-state index in [9.17, 15) is 4.79 Å². The molecule has 3 heterocycles. The molecule has 0 aromatic carbocycles. The number of nitrogens with zero attached hydrogens (tertiary/aromatic N) is 2. The van der Waals surface area contributed by atoms with E-state index in [4.69, 9.17) is 4.74 Å². The second kappa shape index (κ2) is 5.17. The minimum atomic E-state index is -0.391. The van der Waals surface area contributed by atoms with Crippen molar-refractivity contribution in [1.29, 1.82) is 0 Å². The van der Waals surface area contributed by atoms with E-state index >= 15 is 0 Å². The SMILES string of the molecule is CN1C(=O)C(CC2CCCCN2)Oc2cccnc21. The van der Waals surface area contributed by atoms with Gasteiger partial charge in [0.15, 0.2) is 17.7 Å². The van der Waals surface area contributed by atoms with Gasteiger partial charge in [0.25, 0.3) is 5.91 Å². The molecule has 0 bridgehead atoms. The molecule has 0 saturated carbocycles. The van der Waals surface area contributed by atoms with Crippen LogP contribution >= 0.6 is 0 Å². The summed E-state index contributed by atoms with van der Waals surface area (Å²) in [6, 6.07) is 4.08. The fourth-order valence-corrected chi connectivity index (χ4v) is 2.78. The summed E-state index contributed by atoms with van der Waals surface area (Å²) in [5.74, 6) is 1.31. The number of nitrogens with one attached hydrogen (secondary N) is 1. The van der Waals surface area contributed by atoms with Crippen LogP contribution in [0.5, 0.6) is 5.75 Å². The van der Waals surface area contributed by atoms with Crippen LogP contribution in [0.3, 0.4) is 0 Å². The van der Waals surface area contributed by atoms with Gasteiger partial charge in [-0.05, 0) is 31.5 Å². The van der Waals surface area contributed by atoms with E-state index in [0.29, 0.717) is 17.6 Å². The third-order valence-electron chi connectivity index (χ3n) is 3.85. The number of amides is 1. The summed E-state index contributed by atoms with van der Waals surface area (Å²) in [4.78, 5) is 18.1. The summed E-state index contributed by atoms with van der Waals surface area (Å²) < 4.78 is 5.82. The number of carbonyl (C=O) groups is 1. The molecular weight excluding hydrogens is 242 g/mol. The maximum absolute atomic E-state index is 12.3. The van der Waals surface area contributed by atoms with Crippen molar-refractivity contribution < 1.29 is 9.53 Å². The van der Waals surface area contributed by atoms with Crippen LogP contribution in [0.2, 0.25) is 0 Å². The third-order valence-corrected chi connectivity index (χ3v) is 3.85. The van der Waals surface area contributed by atoms with Gasteiger partial charge in [-0.25, -0.2) is 4.98 Å². The zero-order chi connectivity index (χ0) is 13.2. The van der Waals surface area contributed by atoms with Gasteiger partial charge in [0.1, 0.15) is 0 Å². The second-order valence-corrected chi connectivity index (χ2v) is 5.21. The smallest absolute Gasteiger partial charge is 0.269 e. The Labute approximate surface area is 113 Å². The number of hydrogen-bond acceptors (Lipinski definition) is 4. The Morgan fingerprint density at radius 1 is 1.53 bits per heavy atom. The van der Waals surface area contributed by atoms with Crippen LogP contribution in [0.4, 0.5) is 5.82 Å². The standard InChI is InChI=1S/C14H19N3O2/c1-17-13-11(6-4-8-16-13)19-12(14(17)18)9-10-5-2-3-7-15-10/h4,6,8,10,12,15H,2-3,5,7,9H2,1H3. The second-order valence-electron chi connectivity index (χ2n) is 5.21. The summed E-state index contributed by atoms with van der Waals surface area (Å²) in [5, 5.41) is 3.46. The summed E-state index contributed by atoms with van der Waals surface area (Å²) >= 11 is 0. The van der Waals surface area contributed by atoms with Crippen molar-refractivity contribution in [3.8, 4) is 5.75 Å². The number of pyridine rings is 1. The predicted molar refractivity (Wildman–Crippen MR) is 72.3 cm³/mol. The Morgan fingerprint density at radius 3 is 3.21 bits per heavy atom. The van der Waals surface area contributed by atoms with E-state index in [2.05, 4.69) is 10.3 Å². The average molecular weight is 261 g/mol. The minimum Gasteiger partial charge on any atom is -0.477 e. The van der Waals surface area contributed by atoms with E-state index in [1.165, 1.54) is 12.8 Å². The van der Waals surface area contributed by atoms with Gasteiger partial charge < -0.3 is 10.1 Å². The van der Waals surface area contributed by atoms with Crippen molar-refractivity contribution in [2.75, 3.05) is 18.5 Å². The highest BCUT2D eigenvalue weighted by atomic mass is 16.5. The summed E-state index contributed by atoms with van der Waals surface area (Å²) in [6.45, 7) is 1.04. The fourth-order valence-electron chi connectivity index (χ4n) is 2.78. The summed E-state index contributed by atoms with van der Waals surface area (Å²) in [7, 11) is 1.76. The normalized spacial score (nSPS) is 26.8. The quantitative estimate of drug-likeness (QED) is 0.873. The molecule has 0 spiro atoms. The van der Waals surface area contributed by atoms with Crippen molar-refractivity contribution in [1.82, 2.24) is 10.3 Å². The zero-order valence-electron chi connectivity index (χ0n) is 11.1. The number of aromatic nitrogens is 1. The third kappa shape index (κ3) is 2.42. The first-order valence-electron chi connectivity index (χ1n) is 6.88. The molecule has 1 amide bonds. The van der Waals surface area contributed by atoms with Crippen LogP contribution in [0.15, 0.2) is 18.3 Å². The van der Waals surface area contributed by atoms with Crippen molar-refractivity contribution in [3.05, 3.63) is 18.3 Å². The monoisotopic (exact) mass is 261 g/mol. The molecule has 2 aliphatic rings. The van der Waals surface area contributed by atoms with Gasteiger partial charge in [-0.1, -0.05) is 6.42 Å². The highest BCUT2D eigenvalue weighted by Gasteiger charge is 2.34. The maximum atomic E-state index is 12.3. The Bertz CT molecular complexity index is 472. The number of fused-ring (bicyclic) bond motifs is 1. The van der Waals surface area contributed by atoms with Crippen molar-refractivity contribution >= 4 is 11.7 Å². The molecule has 3 rings (SSSR count). The highest BCUT2D eigenvalue weighted by molar-refractivity contribution is 5.98. The van der Waals surface area contributed by atoms with Gasteiger partial charge in [-0.3, -0.25) is 9.69 Å². The molecule has 1 aromatic rings. The van der Waals surface area contributed by atoms with Crippen LogP contribution in [-0.4, -0.2) is 36.6 Å². The van der Waals surface area contributed by atoms with Gasteiger partial charge in [0, 0.05) is 25.7 Å². The lowest BCUT2D eigenvalue weighted by Crippen LogP contribution is -2.48. The number of hydrogen-bond donors (Lipinski definition) is 1. The first kappa shape index (κ1) is 12.4. The van der Waals surface area contributed by atoms with E-state index < -0.39 is 6.10 Å². The van der Waals surface area contributed by atoms with Crippen molar-refractivity contribution in [2.24, 2.45) is 0 Å². The van der Waals surface area contributed by atoms with Gasteiger partial charge in [-0.15, -0.1) is 0 Å². The lowest BCUT2D eigenvalue weighted by atomic mass is 9.98. The molecule has 1 fully saturated rings. The maximum Gasteiger partial charge on any atom is 0.269 e. The highest BCUT2D eigenvalue weighted by Crippen LogP contribution is 2.31. The Morgan fingerprint density at radius 2 is 2.42 bits per heavy atom. The summed E-state index contributed by atoms with van der Waals surface area (Å²) in [6.07, 6.45) is 5.59. The van der Waals surface area contributed by atoms with Crippen LogP contribution in [0.1, 0.15) is 25.7 Å². The number of carbonyl (C=O) groups excluding carboxylic acids is 1. The molecule has 102 valence electrons. The Kier molecular flexibility index (Phi) is 3.38. The van der Waals surface area contributed by atoms with Gasteiger partial charge in [0.2, 0.25) is 0 Å². The Balaban J connectivity index is 1.75. The molecule has 2 aliphatic heterocycles. The first-order chi connectivity index (χ1) is 9.25. The molecule has 5 nitrogen and oxygen atoms in total. The van der Waals surface area contributed by atoms with E-state index in [-0.39, 0.29) is 5.91 Å². The van der Waals surface area contributed by atoms with E-state index in [1.807, 2.05) is 12.1 Å². The number of likely N-dealkylation sites (N-methyl/N-ethyl adjacent to an activating group) is 1. The minimum absolute atomic E-state index is 0.00132. The van der Waals surface area contributed by atoms with Crippen LogP contribution < -0.4 is 15.0 Å². The molecular formula is C14H19N3O2. The van der Waals surface area contributed by atoms with Crippen LogP contribution in [0.25, 0.3) is 0 Å². The predicted octanol–water partition coefficient (Wildman–Crippen LogP) is 1.34. The number of rotatable bonds is 2. The number of ether oxygens (including phenoxy) is 1. The fraction of sp³-hybridized carbons (Fsp3) is 0.571. The lowest BCUT2D eigenvalue weighted by molar-refractivity contribution is -0.126. The number of piperidine rings is 1. The Hall–Kier alpha value is -1.62. The van der Waals surface area contributed by atoms with Gasteiger partial charge in [0.05, 0.1) is 0 Å². The van der Waals surface area contributed by atoms with Crippen LogP contribution in [-0.2, 0) is 4.79 Å². The lowest BCUT2D eigenvalue weighted by Gasteiger charge is -2.33. The molecule has 19 heavy (non-hydrogen) atoms. The molecule has 0 aliphatic carbocycles. The molecule has 1 saturated heterocycles. The first-order valence-corrected chi connectivity index (χ1v) is 6.88. The van der Waals surface area contributed by atoms with Crippen molar-refractivity contribution in [3.63, 3.8) is 0 Å². The van der Waals surface area contributed by atoms with Crippen LogP contribution in [0, 0.1) is 0 Å². The molecule has 2 atom stereocenters.